The molecule has 0 radical (unpaired) electrons. The van der Waals surface area contributed by atoms with Crippen LogP contribution in [0.4, 0.5) is 5.69 Å². The molecule has 1 aromatic heterocycles. The molecule has 0 unspecified atom stereocenters. The Kier molecular flexibility index (Phi) is 2.14. The van der Waals surface area contributed by atoms with Crippen LogP contribution in [0, 0.1) is 0 Å². The fourth-order valence-corrected chi connectivity index (χ4v) is 1.70. The van der Waals surface area contributed by atoms with Crippen molar-refractivity contribution in [3.63, 3.8) is 0 Å². The molecule has 0 aliphatic carbocycles. The van der Waals surface area contributed by atoms with E-state index in [-0.39, 0.29) is 0 Å². The van der Waals surface area contributed by atoms with Gasteiger partial charge in [-0.3, -0.25) is 0 Å². The van der Waals surface area contributed by atoms with Gasteiger partial charge in [0.05, 0.1) is 16.8 Å². The average Bonchev–Trinajstić information content (AvgIpc) is 2.46. The number of nitrogens with one attached hydrogen (secondary N) is 1. The van der Waals surface area contributed by atoms with Crippen molar-refractivity contribution in [1.29, 1.82) is 0 Å². The first kappa shape index (κ1) is 8.44. The van der Waals surface area contributed by atoms with E-state index in [1.165, 1.54) is 0 Å². The first-order valence-corrected chi connectivity index (χ1v) is 5.42. The van der Waals surface area contributed by atoms with E-state index >= 15 is 0 Å². The lowest BCUT2D eigenvalue weighted by Gasteiger charge is -1.89. The molecule has 0 bridgehead atoms. The second-order valence-electron chi connectivity index (χ2n) is 2.89. The number of H-pyrrole nitrogens is 1. The zero-order valence-electron chi connectivity index (χ0n) is 7.37. The number of benzene rings is 1. The second-order valence-corrected chi connectivity index (χ2v) is 3.76. The number of nitrogens with zero attached hydrogens (tertiary/aromatic N) is 1. The van der Waals surface area contributed by atoms with Crippen LogP contribution < -0.4 is 5.73 Å². The van der Waals surface area contributed by atoms with Gasteiger partial charge < -0.3 is 10.7 Å². The number of rotatable bonds is 2. The van der Waals surface area contributed by atoms with Gasteiger partial charge in [0.2, 0.25) is 0 Å². The molecule has 0 atom stereocenters. The lowest BCUT2D eigenvalue weighted by molar-refractivity contribution is 1.14. The zero-order valence-corrected chi connectivity index (χ0v) is 8.19. The number of anilines is 1. The van der Waals surface area contributed by atoms with Crippen LogP contribution in [0.5, 0.6) is 0 Å². The molecule has 0 aliphatic rings. The van der Waals surface area contributed by atoms with Crippen LogP contribution in [0.25, 0.3) is 11.0 Å². The fourth-order valence-electron chi connectivity index (χ4n) is 1.29. The van der Waals surface area contributed by atoms with Crippen molar-refractivity contribution in [3.8, 4) is 0 Å². The van der Waals surface area contributed by atoms with Crippen LogP contribution in [0.3, 0.4) is 0 Å². The van der Waals surface area contributed by atoms with Gasteiger partial charge in [-0.05, 0) is 24.5 Å². The molecule has 68 valence electrons. The summed E-state index contributed by atoms with van der Waals surface area (Å²) in [7, 11) is 0. The summed E-state index contributed by atoms with van der Waals surface area (Å²) in [6.45, 7) is 0. The molecule has 0 spiro atoms. The van der Waals surface area contributed by atoms with Crippen LogP contribution >= 0.6 is 11.8 Å². The quantitative estimate of drug-likeness (QED) is 0.717. The first-order chi connectivity index (χ1) is 6.29. The van der Waals surface area contributed by atoms with Gasteiger partial charge in [0.1, 0.15) is 5.82 Å². The van der Waals surface area contributed by atoms with Gasteiger partial charge in [-0.25, -0.2) is 4.98 Å². The fraction of sp³-hybridized carbons (Fsp3) is 0.222. The topological polar surface area (TPSA) is 54.7 Å². The number of fused-ring (bicyclic) bond motifs is 1. The average molecular weight is 193 g/mol. The summed E-state index contributed by atoms with van der Waals surface area (Å²) in [4.78, 5) is 7.64. The summed E-state index contributed by atoms with van der Waals surface area (Å²) in [5.41, 5.74) is 8.43. The van der Waals surface area contributed by atoms with Gasteiger partial charge in [0, 0.05) is 5.69 Å². The second kappa shape index (κ2) is 3.30. The Morgan fingerprint density at radius 2 is 2.38 bits per heavy atom. The highest BCUT2D eigenvalue weighted by atomic mass is 32.2. The molecule has 0 saturated heterocycles. The lowest BCUT2D eigenvalue weighted by atomic mass is 10.3. The van der Waals surface area contributed by atoms with E-state index in [1.54, 1.807) is 11.8 Å². The maximum absolute atomic E-state index is 5.65. The molecule has 3 N–H and O–H groups in total. The number of aromatic amines is 1. The first-order valence-electron chi connectivity index (χ1n) is 4.02. The molecule has 13 heavy (non-hydrogen) atoms. The van der Waals surface area contributed by atoms with Crippen molar-refractivity contribution in [2.24, 2.45) is 0 Å². The van der Waals surface area contributed by atoms with Crippen LogP contribution in [0.2, 0.25) is 0 Å². The molecule has 1 heterocycles. The summed E-state index contributed by atoms with van der Waals surface area (Å²) < 4.78 is 0. The van der Waals surface area contributed by atoms with Crippen molar-refractivity contribution < 1.29 is 0 Å². The largest absolute Gasteiger partial charge is 0.399 e. The number of hydrogen-bond donors (Lipinski definition) is 2. The van der Waals surface area contributed by atoms with Gasteiger partial charge in [-0.2, -0.15) is 11.8 Å². The number of imidazole rings is 1. The normalized spacial score (nSPS) is 10.8. The molecule has 0 amide bonds. The Bertz CT molecular complexity index is 422. The predicted octanol–water partition coefficient (Wildman–Crippen LogP) is 2.01. The van der Waals surface area contributed by atoms with Gasteiger partial charge in [-0.1, -0.05) is 0 Å². The van der Waals surface area contributed by atoms with E-state index in [0.717, 1.165) is 28.3 Å². The summed E-state index contributed by atoms with van der Waals surface area (Å²) in [6.07, 6.45) is 2.06. The standard InChI is InChI=1S/C9H11N3S/c1-13-5-9-11-7-3-2-6(10)4-8(7)12-9/h2-4H,5,10H2,1H3,(H,11,12). The van der Waals surface area contributed by atoms with E-state index in [9.17, 15) is 0 Å². The minimum Gasteiger partial charge on any atom is -0.399 e. The monoisotopic (exact) mass is 193 g/mol. The Morgan fingerprint density at radius 1 is 1.54 bits per heavy atom. The Hall–Kier alpha value is -1.16. The number of nitrogen functional groups attached to an aromatic ring is 1. The van der Waals surface area contributed by atoms with Crippen molar-refractivity contribution in [1.82, 2.24) is 9.97 Å². The Balaban J connectivity index is 2.49. The number of nitrogens with two attached hydrogens (primary N) is 1. The predicted molar refractivity (Wildman–Crippen MR) is 57.7 cm³/mol. The molecule has 0 fully saturated rings. The van der Waals surface area contributed by atoms with Gasteiger partial charge in [0.25, 0.3) is 0 Å². The molecular formula is C9H11N3S. The smallest absolute Gasteiger partial charge is 0.117 e. The van der Waals surface area contributed by atoms with Crippen LogP contribution in [-0.4, -0.2) is 16.2 Å². The van der Waals surface area contributed by atoms with E-state index in [0.29, 0.717) is 0 Å². The maximum atomic E-state index is 5.65. The van der Waals surface area contributed by atoms with Crippen molar-refractivity contribution in [2.75, 3.05) is 12.0 Å². The molecule has 4 heteroatoms. The molecular weight excluding hydrogens is 182 g/mol. The third-order valence-corrected chi connectivity index (χ3v) is 2.40. The highest BCUT2D eigenvalue weighted by Crippen LogP contribution is 2.16. The Labute approximate surface area is 80.7 Å². The molecule has 0 aliphatic heterocycles. The molecule has 0 saturated carbocycles. The van der Waals surface area contributed by atoms with E-state index < -0.39 is 0 Å². The molecule has 2 aromatic rings. The van der Waals surface area contributed by atoms with E-state index in [1.807, 2.05) is 18.2 Å². The van der Waals surface area contributed by atoms with Gasteiger partial charge in [0.15, 0.2) is 0 Å². The SMILES string of the molecule is CSCc1nc2ccc(N)cc2[nH]1. The minimum atomic E-state index is 0.770. The summed E-state index contributed by atoms with van der Waals surface area (Å²) >= 11 is 1.75. The van der Waals surface area contributed by atoms with Gasteiger partial charge in [-0.15, -0.1) is 0 Å². The summed E-state index contributed by atoms with van der Waals surface area (Å²) in [6, 6.07) is 5.71. The number of hydrogen-bond acceptors (Lipinski definition) is 3. The Morgan fingerprint density at radius 3 is 3.15 bits per heavy atom. The number of thioether (sulfide) groups is 1. The third-order valence-electron chi connectivity index (χ3n) is 1.84. The van der Waals surface area contributed by atoms with E-state index in [2.05, 4.69) is 16.2 Å². The number of aromatic nitrogens is 2. The van der Waals surface area contributed by atoms with Crippen molar-refractivity contribution in [2.45, 2.75) is 5.75 Å². The van der Waals surface area contributed by atoms with Crippen LogP contribution in [0.1, 0.15) is 5.82 Å². The molecule has 1 aromatic carbocycles. The van der Waals surface area contributed by atoms with Crippen molar-refractivity contribution >= 4 is 28.5 Å². The van der Waals surface area contributed by atoms with Gasteiger partial charge >= 0.3 is 0 Å². The lowest BCUT2D eigenvalue weighted by Crippen LogP contribution is -1.82. The van der Waals surface area contributed by atoms with Crippen molar-refractivity contribution in [3.05, 3.63) is 24.0 Å². The maximum Gasteiger partial charge on any atom is 0.117 e. The molecule has 2 rings (SSSR count). The van der Waals surface area contributed by atoms with Crippen LogP contribution in [-0.2, 0) is 5.75 Å². The van der Waals surface area contributed by atoms with Crippen LogP contribution in [0.15, 0.2) is 18.2 Å². The zero-order chi connectivity index (χ0) is 9.26. The molecule has 3 nitrogen and oxygen atoms in total. The minimum absolute atomic E-state index is 0.770. The third kappa shape index (κ3) is 1.62. The summed E-state index contributed by atoms with van der Waals surface area (Å²) in [5, 5.41) is 0. The highest BCUT2D eigenvalue weighted by molar-refractivity contribution is 7.97. The van der Waals surface area contributed by atoms with E-state index in [4.69, 9.17) is 5.73 Å². The highest BCUT2D eigenvalue weighted by Gasteiger charge is 2.01. The summed E-state index contributed by atoms with van der Waals surface area (Å²) in [5.74, 6) is 1.92.